The number of halogens is 1. The van der Waals surface area contributed by atoms with Crippen molar-refractivity contribution in [3.8, 4) is 0 Å². The van der Waals surface area contributed by atoms with E-state index in [9.17, 15) is 13.2 Å². The Balaban J connectivity index is 1.84. The van der Waals surface area contributed by atoms with Gasteiger partial charge in [-0.1, -0.05) is 18.2 Å². The Hall–Kier alpha value is -1.58. The van der Waals surface area contributed by atoms with Crippen molar-refractivity contribution in [1.29, 1.82) is 0 Å². The average molecular weight is 416 g/mol. The lowest BCUT2D eigenvalue weighted by Gasteiger charge is -2.17. The molecule has 1 aliphatic rings. The summed E-state index contributed by atoms with van der Waals surface area (Å²) in [6.07, 6.45) is 0. The Bertz CT molecular complexity index is 835. The van der Waals surface area contributed by atoms with E-state index in [0.717, 1.165) is 20.7 Å². The van der Waals surface area contributed by atoms with Crippen LogP contribution in [-0.2, 0) is 16.6 Å². The number of carbonyl (C=O) groups excluding carboxylic acids is 1. The van der Waals surface area contributed by atoms with Crippen molar-refractivity contribution in [2.24, 2.45) is 0 Å². The van der Waals surface area contributed by atoms with Gasteiger partial charge in [0, 0.05) is 19.6 Å². The first-order valence-corrected chi connectivity index (χ1v) is 9.94. The monoisotopic (exact) mass is 415 g/mol. The number of amides is 2. The zero-order valence-corrected chi connectivity index (χ0v) is 15.2. The molecule has 0 atom stereocenters. The number of rotatable bonds is 5. The molecule has 9 heteroatoms. The minimum Gasteiger partial charge on any atom is -0.336 e. The summed E-state index contributed by atoms with van der Waals surface area (Å²) in [7, 11) is -3.64. The van der Waals surface area contributed by atoms with Crippen LogP contribution in [0, 0.1) is 0 Å². The van der Waals surface area contributed by atoms with E-state index in [2.05, 4.69) is 26.0 Å². The molecule has 1 aliphatic heterocycles. The number of nitrogens with zero attached hydrogens (tertiary/aromatic N) is 1. The summed E-state index contributed by atoms with van der Waals surface area (Å²) >= 11 is 4.41. The number of hydrogen-bond acceptors (Lipinski definition) is 4. The van der Waals surface area contributed by atoms with Crippen LogP contribution in [0.15, 0.2) is 44.4 Å². The number of para-hydroxylation sites is 1. The molecule has 2 heterocycles. The Labute approximate surface area is 146 Å². The third kappa shape index (κ3) is 3.67. The van der Waals surface area contributed by atoms with Crippen molar-refractivity contribution in [1.82, 2.24) is 10.2 Å². The van der Waals surface area contributed by atoms with Crippen LogP contribution in [-0.4, -0.2) is 32.4 Å². The first-order valence-electron chi connectivity index (χ1n) is 6.84. The van der Waals surface area contributed by atoms with E-state index >= 15 is 0 Å². The molecule has 1 aromatic carbocycles. The molecule has 2 amide bonds. The second kappa shape index (κ2) is 6.50. The fraction of sp³-hybridized carbons (Fsp3) is 0.214. The molecule has 23 heavy (non-hydrogen) atoms. The van der Waals surface area contributed by atoms with Crippen molar-refractivity contribution >= 4 is 49.0 Å². The second-order valence-electron chi connectivity index (χ2n) is 4.97. The highest BCUT2D eigenvalue weighted by Gasteiger charge is 2.22. The number of anilines is 1. The van der Waals surface area contributed by atoms with Gasteiger partial charge in [-0.2, -0.15) is 0 Å². The first-order chi connectivity index (χ1) is 11.0. The van der Waals surface area contributed by atoms with Crippen LogP contribution < -0.4 is 10.0 Å². The molecule has 1 aromatic heterocycles. The average Bonchev–Trinajstić information content (AvgIpc) is 3.11. The fourth-order valence-electron chi connectivity index (χ4n) is 2.26. The van der Waals surface area contributed by atoms with Gasteiger partial charge in [-0.05, 0) is 39.7 Å². The standard InChI is InChI=1S/C14H14BrN3O3S2/c15-12-5-6-13(22-12)23(20,21)17-11-4-2-1-3-10(11)9-18-8-7-16-14(18)19/h1-6,17H,7-9H2,(H,16,19). The molecule has 0 spiro atoms. The van der Waals surface area contributed by atoms with E-state index < -0.39 is 10.0 Å². The molecular formula is C14H14BrN3O3S2. The highest BCUT2D eigenvalue weighted by molar-refractivity contribution is 9.11. The quantitative estimate of drug-likeness (QED) is 0.787. The van der Waals surface area contributed by atoms with Gasteiger partial charge < -0.3 is 10.2 Å². The molecular weight excluding hydrogens is 402 g/mol. The van der Waals surface area contributed by atoms with Gasteiger partial charge in [-0.3, -0.25) is 4.72 Å². The SMILES string of the molecule is O=C1NCCN1Cc1ccccc1NS(=O)(=O)c1ccc(Br)s1. The minimum absolute atomic E-state index is 0.134. The van der Waals surface area contributed by atoms with Crippen LogP contribution in [0.5, 0.6) is 0 Å². The summed E-state index contributed by atoms with van der Waals surface area (Å²) in [6.45, 7) is 1.58. The van der Waals surface area contributed by atoms with Crippen LogP contribution in [0.4, 0.5) is 10.5 Å². The van der Waals surface area contributed by atoms with E-state index in [0.29, 0.717) is 25.3 Å². The molecule has 0 saturated carbocycles. The summed E-state index contributed by atoms with van der Waals surface area (Å²) in [4.78, 5) is 13.3. The number of sulfonamides is 1. The molecule has 122 valence electrons. The number of benzene rings is 1. The Kier molecular flexibility index (Phi) is 4.60. The number of urea groups is 1. The summed E-state index contributed by atoms with van der Waals surface area (Å²) in [6, 6.07) is 10.2. The van der Waals surface area contributed by atoms with E-state index in [-0.39, 0.29) is 10.2 Å². The van der Waals surface area contributed by atoms with Gasteiger partial charge >= 0.3 is 6.03 Å². The Morgan fingerprint density at radius 2 is 2.04 bits per heavy atom. The molecule has 2 aromatic rings. The molecule has 0 aliphatic carbocycles. The lowest BCUT2D eigenvalue weighted by molar-refractivity contribution is 0.215. The number of nitrogens with one attached hydrogen (secondary N) is 2. The number of carbonyl (C=O) groups is 1. The van der Waals surface area contributed by atoms with Crippen LogP contribution in [0.3, 0.4) is 0 Å². The van der Waals surface area contributed by atoms with Crippen molar-refractivity contribution in [2.45, 2.75) is 10.8 Å². The van der Waals surface area contributed by atoms with E-state index in [1.54, 1.807) is 29.2 Å². The maximum Gasteiger partial charge on any atom is 0.317 e. The Morgan fingerprint density at radius 3 is 2.70 bits per heavy atom. The number of thiophene rings is 1. The minimum atomic E-state index is -3.64. The van der Waals surface area contributed by atoms with Crippen LogP contribution in [0.1, 0.15) is 5.56 Å². The molecule has 6 nitrogen and oxygen atoms in total. The zero-order chi connectivity index (χ0) is 16.4. The molecule has 0 radical (unpaired) electrons. The molecule has 2 N–H and O–H groups in total. The van der Waals surface area contributed by atoms with E-state index in [1.807, 2.05) is 12.1 Å². The topological polar surface area (TPSA) is 78.5 Å². The van der Waals surface area contributed by atoms with Gasteiger partial charge in [0.1, 0.15) is 4.21 Å². The third-order valence-corrected chi connectivity index (χ3v) is 6.86. The van der Waals surface area contributed by atoms with E-state index in [4.69, 9.17) is 0 Å². The fourth-order valence-corrected chi connectivity index (χ4v) is 5.37. The van der Waals surface area contributed by atoms with Gasteiger partial charge in [-0.15, -0.1) is 11.3 Å². The summed E-state index contributed by atoms with van der Waals surface area (Å²) in [5.74, 6) is 0. The largest absolute Gasteiger partial charge is 0.336 e. The van der Waals surface area contributed by atoms with E-state index in [1.165, 1.54) is 0 Å². The smallest absolute Gasteiger partial charge is 0.317 e. The first kappa shape index (κ1) is 16.3. The van der Waals surface area contributed by atoms with Crippen molar-refractivity contribution in [3.63, 3.8) is 0 Å². The lowest BCUT2D eigenvalue weighted by atomic mass is 10.2. The number of hydrogen-bond donors (Lipinski definition) is 2. The summed E-state index contributed by atoms with van der Waals surface area (Å²) < 4.78 is 28.5. The van der Waals surface area contributed by atoms with Crippen LogP contribution in [0.25, 0.3) is 0 Å². The third-order valence-electron chi connectivity index (χ3n) is 3.38. The van der Waals surface area contributed by atoms with Crippen molar-refractivity contribution < 1.29 is 13.2 Å². The van der Waals surface area contributed by atoms with Crippen LogP contribution >= 0.6 is 27.3 Å². The van der Waals surface area contributed by atoms with Gasteiger partial charge in [0.2, 0.25) is 0 Å². The van der Waals surface area contributed by atoms with Crippen molar-refractivity contribution in [2.75, 3.05) is 17.8 Å². The maximum atomic E-state index is 12.5. The molecule has 1 saturated heterocycles. The molecule has 0 bridgehead atoms. The normalized spacial score (nSPS) is 14.8. The second-order valence-corrected chi connectivity index (χ2v) is 9.35. The zero-order valence-electron chi connectivity index (χ0n) is 12.0. The highest BCUT2D eigenvalue weighted by atomic mass is 79.9. The molecule has 1 fully saturated rings. The predicted molar refractivity (Wildman–Crippen MR) is 93.1 cm³/mol. The summed E-state index contributed by atoms with van der Waals surface area (Å²) in [5, 5.41) is 2.73. The molecule has 3 rings (SSSR count). The van der Waals surface area contributed by atoms with Gasteiger partial charge in [0.15, 0.2) is 0 Å². The predicted octanol–water partition coefficient (Wildman–Crippen LogP) is 2.84. The lowest BCUT2D eigenvalue weighted by Crippen LogP contribution is -2.28. The van der Waals surface area contributed by atoms with Crippen molar-refractivity contribution in [3.05, 3.63) is 45.7 Å². The van der Waals surface area contributed by atoms with Gasteiger partial charge in [0.05, 0.1) is 9.47 Å². The summed E-state index contributed by atoms with van der Waals surface area (Å²) in [5.41, 5.74) is 1.24. The van der Waals surface area contributed by atoms with Crippen LogP contribution in [0.2, 0.25) is 0 Å². The van der Waals surface area contributed by atoms with Gasteiger partial charge in [-0.25, -0.2) is 13.2 Å². The van der Waals surface area contributed by atoms with Gasteiger partial charge in [0.25, 0.3) is 10.0 Å². The molecule has 0 unspecified atom stereocenters. The maximum absolute atomic E-state index is 12.5. The Morgan fingerprint density at radius 1 is 1.26 bits per heavy atom. The highest BCUT2D eigenvalue weighted by Crippen LogP contribution is 2.28.